The molecule has 4 aromatic rings. The molecule has 0 fully saturated rings. The molecule has 0 saturated heterocycles. The first-order chi connectivity index (χ1) is 13.7. The summed E-state index contributed by atoms with van der Waals surface area (Å²) in [6, 6.07) is 36.5. The maximum absolute atomic E-state index is 3.41. The Kier molecular flexibility index (Phi) is 7.71. The predicted molar refractivity (Wildman–Crippen MR) is 128 cm³/mol. The van der Waals surface area contributed by atoms with E-state index in [1.54, 1.807) is 0 Å². The summed E-state index contributed by atoms with van der Waals surface area (Å²) in [5, 5.41) is 6.62. The third-order valence-corrected chi connectivity index (χ3v) is 4.87. The second-order valence-electron chi connectivity index (χ2n) is 6.00. The molecule has 0 radical (unpaired) electrons. The molecule has 0 amide bonds. The molecule has 0 aliphatic heterocycles. The van der Waals surface area contributed by atoms with Crippen molar-refractivity contribution in [3.8, 4) is 0 Å². The van der Waals surface area contributed by atoms with E-state index in [2.05, 4.69) is 42.5 Å². The summed E-state index contributed by atoms with van der Waals surface area (Å²) in [5.74, 6) is 0. The van der Waals surface area contributed by atoms with Crippen molar-refractivity contribution in [2.45, 2.75) is 0 Å². The Hall–Kier alpha value is -2.56. The molecule has 0 spiro atoms. The summed E-state index contributed by atoms with van der Waals surface area (Å²) in [6.07, 6.45) is 0. The summed E-state index contributed by atoms with van der Waals surface area (Å²) in [5.41, 5.74) is 4.41. The van der Waals surface area contributed by atoms with Gasteiger partial charge >= 0.3 is 0 Å². The molecule has 4 rings (SSSR count). The van der Waals surface area contributed by atoms with Crippen molar-refractivity contribution in [2.24, 2.45) is 0 Å². The van der Waals surface area contributed by atoms with Crippen molar-refractivity contribution >= 4 is 54.6 Å². The third kappa shape index (κ3) is 6.87. The highest BCUT2D eigenvalue weighted by Crippen LogP contribution is 2.20. The first-order valence-corrected chi connectivity index (χ1v) is 10.4. The Morgan fingerprint density at radius 3 is 0.964 bits per heavy atom. The molecule has 0 atom stereocenters. The van der Waals surface area contributed by atoms with E-state index < -0.39 is 0 Å². The lowest BCUT2D eigenvalue weighted by Gasteiger charge is -2.06. The lowest BCUT2D eigenvalue weighted by Crippen LogP contribution is -1.88. The van der Waals surface area contributed by atoms with Crippen molar-refractivity contribution in [3.05, 3.63) is 118 Å². The number of benzene rings is 4. The van der Waals surface area contributed by atoms with Crippen molar-refractivity contribution in [1.82, 2.24) is 0 Å². The van der Waals surface area contributed by atoms with Crippen LogP contribution in [0.5, 0.6) is 0 Å². The van der Waals surface area contributed by atoms with E-state index in [0.717, 1.165) is 31.7 Å². The number of hydrogen-bond donors (Lipinski definition) is 2. The molecular weight excluding hydrogens is 476 g/mol. The van der Waals surface area contributed by atoms with Crippen LogP contribution in [-0.4, -0.2) is 0 Å². The van der Waals surface area contributed by atoms with Gasteiger partial charge in [0.2, 0.25) is 0 Å². The summed E-state index contributed by atoms with van der Waals surface area (Å²) in [4.78, 5) is 0. The quantitative estimate of drug-likeness (QED) is 0.297. The SMILES string of the molecule is Brc1ccc(Nc2ccc(Br)cc2)cc1.c1ccc(Nc2ccccc2)cc1. The van der Waals surface area contributed by atoms with Crippen LogP contribution >= 0.6 is 31.9 Å². The van der Waals surface area contributed by atoms with Gasteiger partial charge in [0.1, 0.15) is 0 Å². The van der Waals surface area contributed by atoms with Crippen LogP contribution < -0.4 is 10.6 Å². The van der Waals surface area contributed by atoms with Gasteiger partial charge in [-0.3, -0.25) is 0 Å². The normalized spacial score (nSPS) is 9.79. The van der Waals surface area contributed by atoms with Crippen molar-refractivity contribution in [2.75, 3.05) is 10.6 Å². The smallest absolute Gasteiger partial charge is 0.0384 e. The van der Waals surface area contributed by atoms with Crippen LogP contribution in [0.2, 0.25) is 0 Å². The van der Waals surface area contributed by atoms with Gasteiger partial charge in [-0.15, -0.1) is 0 Å². The number of anilines is 4. The first-order valence-electron chi connectivity index (χ1n) is 8.84. The molecule has 0 heterocycles. The van der Waals surface area contributed by atoms with Crippen LogP contribution in [0.4, 0.5) is 22.7 Å². The van der Waals surface area contributed by atoms with Gasteiger partial charge in [0.05, 0.1) is 0 Å². The lowest BCUT2D eigenvalue weighted by atomic mass is 10.3. The van der Waals surface area contributed by atoms with E-state index in [9.17, 15) is 0 Å². The number of nitrogens with one attached hydrogen (secondary N) is 2. The standard InChI is InChI=1S/C12H9Br2N.C12H11N/c13-9-1-5-11(6-2-9)15-12-7-3-10(14)4-8-12;1-3-7-11(8-4-1)13-12-9-5-2-6-10-12/h1-8,15H;1-10,13H. The van der Waals surface area contributed by atoms with Gasteiger partial charge in [0.15, 0.2) is 0 Å². The molecule has 0 aromatic heterocycles. The van der Waals surface area contributed by atoms with Crippen LogP contribution in [0.25, 0.3) is 0 Å². The second kappa shape index (κ2) is 10.7. The highest BCUT2D eigenvalue weighted by atomic mass is 79.9. The molecule has 0 aliphatic rings. The fourth-order valence-electron chi connectivity index (χ4n) is 2.44. The number of halogens is 2. The van der Waals surface area contributed by atoms with Crippen molar-refractivity contribution in [3.63, 3.8) is 0 Å². The number of hydrogen-bond acceptors (Lipinski definition) is 2. The Bertz CT molecular complexity index is 874. The van der Waals surface area contributed by atoms with Gasteiger partial charge in [-0.25, -0.2) is 0 Å². The highest BCUT2D eigenvalue weighted by molar-refractivity contribution is 9.10. The van der Waals surface area contributed by atoms with Crippen molar-refractivity contribution in [1.29, 1.82) is 0 Å². The largest absolute Gasteiger partial charge is 0.356 e. The van der Waals surface area contributed by atoms with Crippen LogP contribution in [0.3, 0.4) is 0 Å². The number of rotatable bonds is 4. The molecule has 0 unspecified atom stereocenters. The minimum atomic E-state index is 1.08. The molecule has 4 heteroatoms. The molecule has 28 heavy (non-hydrogen) atoms. The maximum atomic E-state index is 3.41. The average Bonchev–Trinajstić information content (AvgIpc) is 2.73. The lowest BCUT2D eigenvalue weighted by molar-refractivity contribution is 1.53. The fraction of sp³-hybridized carbons (Fsp3) is 0. The van der Waals surface area contributed by atoms with Gasteiger partial charge in [-0.05, 0) is 72.8 Å². The van der Waals surface area contributed by atoms with Gasteiger partial charge in [-0.2, -0.15) is 0 Å². The minimum Gasteiger partial charge on any atom is -0.356 e. The minimum absolute atomic E-state index is 1.08. The zero-order valence-electron chi connectivity index (χ0n) is 15.1. The topological polar surface area (TPSA) is 24.1 Å². The van der Waals surface area contributed by atoms with E-state index in [1.165, 1.54) is 0 Å². The molecule has 0 bridgehead atoms. The third-order valence-electron chi connectivity index (χ3n) is 3.81. The summed E-state index contributed by atoms with van der Waals surface area (Å²) in [7, 11) is 0. The Balaban J connectivity index is 0.000000162. The van der Waals surface area contributed by atoms with E-state index in [1.807, 2.05) is 109 Å². The number of para-hydroxylation sites is 2. The van der Waals surface area contributed by atoms with E-state index >= 15 is 0 Å². The van der Waals surface area contributed by atoms with Crippen molar-refractivity contribution < 1.29 is 0 Å². The Morgan fingerprint density at radius 1 is 0.357 bits per heavy atom. The summed E-state index contributed by atoms with van der Waals surface area (Å²) in [6.45, 7) is 0. The van der Waals surface area contributed by atoms with Gasteiger partial charge in [-0.1, -0.05) is 68.3 Å². The predicted octanol–water partition coefficient (Wildman–Crippen LogP) is 8.39. The van der Waals surface area contributed by atoms with Crippen LogP contribution in [0, 0.1) is 0 Å². The van der Waals surface area contributed by atoms with Crippen LogP contribution in [-0.2, 0) is 0 Å². The molecule has 2 nitrogen and oxygen atoms in total. The van der Waals surface area contributed by atoms with E-state index in [0.29, 0.717) is 0 Å². The van der Waals surface area contributed by atoms with Gasteiger partial charge in [0, 0.05) is 31.7 Å². The molecule has 4 aromatic carbocycles. The summed E-state index contributed by atoms with van der Waals surface area (Å²) >= 11 is 6.81. The van der Waals surface area contributed by atoms with E-state index in [-0.39, 0.29) is 0 Å². The van der Waals surface area contributed by atoms with Gasteiger partial charge < -0.3 is 10.6 Å². The fourth-order valence-corrected chi connectivity index (χ4v) is 2.97. The second-order valence-corrected chi connectivity index (χ2v) is 7.83. The Labute approximate surface area is 182 Å². The zero-order chi connectivity index (χ0) is 19.6. The monoisotopic (exact) mass is 494 g/mol. The Morgan fingerprint density at radius 2 is 0.643 bits per heavy atom. The molecule has 0 saturated carbocycles. The van der Waals surface area contributed by atoms with Gasteiger partial charge in [0.25, 0.3) is 0 Å². The van der Waals surface area contributed by atoms with Crippen LogP contribution in [0.15, 0.2) is 118 Å². The summed E-state index contributed by atoms with van der Waals surface area (Å²) < 4.78 is 2.17. The van der Waals surface area contributed by atoms with E-state index in [4.69, 9.17) is 0 Å². The average molecular weight is 496 g/mol. The molecule has 140 valence electrons. The highest BCUT2D eigenvalue weighted by Gasteiger charge is 1.94. The maximum Gasteiger partial charge on any atom is 0.0384 e. The van der Waals surface area contributed by atoms with Crippen LogP contribution in [0.1, 0.15) is 0 Å². The molecular formula is C24H20Br2N2. The zero-order valence-corrected chi connectivity index (χ0v) is 18.3. The molecule has 0 aliphatic carbocycles. The first kappa shape index (κ1) is 20.2. The molecule has 2 N–H and O–H groups in total.